The van der Waals surface area contributed by atoms with Crippen molar-refractivity contribution in [3.05, 3.63) is 11.6 Å². The molecular formula is C14H24O2. The van der Waals surface area contributed by atoms with E-state index >= 15 is 0 Å². The standard InChI is InChI=1S/C14H24O2/c1-4-10-6-11-8-14(13(11)7-10)16-12(5-2)9-15-3/h7,11-14H,4-6,8-9H2,1-3H3/t11-,12?,13-,14-/m0/s1. The van der Waals surface area contributed by atoms with E-state index in [0.29, 0.717) is 12.0 Å². The molecule has 16 heavy (non-hydrogen) atoms. The molecule has 4 atom stereocenters. The van der Waals surface area contributed by atoms with Crippen LogP contribution in [-0.4, -0.2) is 25.9 Å². The Labute approximate surface area is 99.0 Å². The van der Waals surface area contributed by atoms with Crippen LogP contribution in [0.1, 0.15) is 39.5 Å². The summed E-state index contributed by atoms with van der Waals surface area (Å²) in [7, 11) is 1.75. The third-order valence-corrected chi connectivity index (χ3v) is 4.09. The average Bonchev–Trinajstić information content (AvgIpc) is 2.61. The minimum Gasteiger partial charge on any atom is -0.382 e. The van der Waals surface area contributed by atoms with Crippen LogP contribution in [-0.2, 0) is 9.47 Å². The zero-order valence-electron chi connectivity index (χ0n) is 10.7. The Morgan fingerprint density at radius 2 is 2.25 bits per heavy atom. The SMILES string of the molecule is CCC1=C[C@H]2[C@@H](C1)C[C@@H]2OC(CC)COC. The van der Waals surface area contributed by atoms with E-state index in [1.54, 1.807) is 12.7 Å². The number of hydrogen-bond donors (Lipinski definition) is 0. The van der Waals surface area contributed by atoms with E-state index in [0.717, 1.165) is 18.9 Å². The molecule has 2 nitrogen and oxygen atoms in total. The number of ether oxygens (including phenoxy) is 2. The maximum atomic E-state index is 6.11. The molecule has 0 saturated heterocycles. The zero-order valence-corrected chi connectivity index (χ0v) is 10.7. The van der Waals surface area contributed by atoms with Gasteiger partial charge in [-0.05, 0) is 31.6 Å². The van der Waals surface area contributed by atoms with Gasteiger partial charge in [0.1, 0.15) is 0 Å². The smallest absolute Gasteiger partial charge is 0.0809 e. The van der Waals surface area contributed by atoms with Crippen LogP contribution in [0.2, 0.25) is 0 Å². The fourth-order valence-corrected chi connectivity index (χ4v) is 2.96. The van der Waals surface area contributed by atoms with Gasteiger partial charge in [0.15, 0.2) is 0 Å². The van der Waals surface area contributed by atoms with Crippen LogP contribution in [0.5, 0.6) is 0 Å². The summed E-state index contributed by atoms with van der Waals surface area (Å²) in [5, 5.41) is 0. The molecule has 0 amide bonds. The van der Waals surface area contributed by atoms with E-state index < -0.39 is 0 Å². The molecule has 1 saturated carbocycles. The molecular weight excluding hydrogens is 200 g/mol. The first kappa shape index (κ1) is 12.1. The molecule has 92 valence electrons. The molecule has 0 spiro atoms. The van der Waals surface area contributed by atoms with Gasteiger partial charge in [-0.25, -0.2) is 0 Å². The summed E-state index contributed by atoms with van der Waals surface area (Å²) in [4.78, 5) is 0. The van der Waals surface area contributed by atoms with Crippen molar-refractivity contribution in [3.63, 3.8) is 0 Å². The van der Waals surface area contributed by atoms with Crippen molar-refractivity contribution in [2.75, 3.05) is 13.7 Å². The number of methoxy groups -OCH3 is 1. The average molecular weight is 224 g/mol. The summed E-state index contributed by atoms with van der Waals surface area (Å²) < 4.78 is 11.3. The quantitative estimate of drug-likeness (QED) is 0.645. The molecule has 0 aromatic rings. The highest BCUT2D eigenvalue weighted by Crippen LogP contribution is 2.48. The Morgan fingerprint density at radius 3 is 2.88 bits per heavy atom. The van der Waals surface area contributed by atoms with Gasteiger partial charge in [0.2, 0.25) is 0 Å². The van der Waals surface area contributed by atoms with Crippen molar-refractivity contribution >= 4 is 0 Å². The van der Waals surface area contributed by atoms with Crippen LogP contribution < -0.4 is 0 Å². The molecule has 2 heteroatoms. The van der Waals surface area contributed by atoms with Crippen molar-refractivity contribution < 1.29 is 9.47 Å². The van der Waals surface area contributed by atoms with E-state index in [9.17, 15) is 0 Å². The Balaban J connectivity index is 1.82. The first-order valence-corrected chi connectivity index (χ1v) is 6.62. The summed E-state index contributed by atoms with van der Waals surface area (Å²) in [6.45, 7) is 5.16. The molecule has 2 aliphatic rings. The fourth-order valence-electron chi connectivity index (χ4n) is 2.96. The van der Waals surface area contributed by atoms with Gasteiger partial charge in [-0.1, -0.05) is 25.5 Å². The topological polar surface area (TPSA) is 18.5 Å². The van der Waals surface area contributed by atoms with Crippen molar-refractivity contribution in [1.82, 2.24) is 0 Å². The first-order chi connectivity index (χ1) is 7.78. The Hall–Kier alpha value is -0.340. The van der Waals surface area contributed by atoms with Gasteiger partial charge >= 0.3 is 0 Å². The summed E-state index contributed by atoms with van der Waals surface area (Å²) in [5.41, 5.74) is 1.64. The second kappa shape index (κ2) is 5.33. The molecule has 0 radical (unpaired) electrons. The lowest BCUT2D eigenvalue weighted by Gasteiger charge is -2.41. The molecule has 1 unspecified atom stereocenters. The number of fused-ring (bicyclic) bond motifs is 1. The lowest BCUT2D eigenvalue weighted by Crippen LogP contribution is -2.42. The predicted octanol–water partition coefficient (Wildman–Crippen LogP) is 3.17. The third kappa shape index (κ3) is 2.33. The minimum atomic E-state index is 0.287. The van der Waals surface area contributed by atoms with Crippen LogP contribution >= 0.6 is 0 Å². The summed E-state index contributed by atoms with van der Waals surface area (Å²) in [6.07, 6.45) is 8.07. The molecule has 0 aromatic carbocycles. The van der Waals surface area contributed by atoms with E-state index in [-0.39, 0.29) is 6.10 Å². The number of allylic oxidation sites excluding steroid dienone is 1. The van der Waals surface area contributed by atoms with Crippen molar-refractivity contribution in [3.8, 4) is 0 Å². The van der Waals surface area contributed by atoms with Crippen molar-refractivity contribution in [2.45, 2.75) is 51.7 Å². The molecule has 2 aliphatic carbocycles. The van der Waals surface area contributed by atoms with E-state index in [4.69, 9.17) is 9.47 Å². The molecule has 0 aromatic heterocycles. The largest absolute Gasteiger partial charge is 0.382 e. The second-order valence-corrected chi connectivity index (χ2v) is 5.12. The van der Waals surface area contributed by atoms with E-state index in [1.165, 1.54) is 19.3 Å². The lowest BCUT2D eigenvalue weighted by atomic mass is 9.73. The summed E-state index contributed by atoms with van der Waals surface area (Å²) in [6, 6.07) is 0. The summed E-state index contributed by atoms with van der Waals surface area (Å²) in [5.74, 6) is 1.60. The zero-order chi connectivity index (χ0) is 11.5. The molecule has 0 heterocycles. The number of rotatable bonds is 6. The maximum Gasteiger partial charge on any atom is 0.0809 e. The van der Waals surface area contributed by atoms with Gasteiger partial charge in [-0.15, -0.1) is 0 Å². The van der Waals surface area contributed by atoms with Gasteiger partial charge in [-0.3, -0.25) is 0 Å². The Kier molecular flexibility index (Phi) is 4.04. The molecule has 1 fully saturated rings. The minimum absolute atomic E-state index is 0.287. The maximum absolute atomic E-state index is 6.11. The highest BCUT2D eigenvalue weighted by Gasteiger charge is 2.44. The van der Waals surface area contributed by atoms with Gasteiger partial charge < -0.3 is 9.47 Å². The lowest BCUT2D eigenvalue weighted by molar-refractivity contribution is -0.118. The second-order valence-electron chi connectivity index (χ2n) is 5.12. The van der Waals surface area contributed by atoms with Crippen LogP contribution in [0.3, 0.4) is 0 Å². The molecule has 0 aliphatic heterocycles. The van der Waals surface area contributed by atoms with Gasteiger partial charge in [0.25, 0.3) is 0 Å². The molecule has 0 N–H and O–H groups in total. The number of hydrogen-bond acceptors (Lipinski definition) is 2. The van der Waals surface area contributed by atoms with Crippen LogP contribution in [0.15, 0.2) is 11.6 Å². The van der Waals surface area contributed by atoms with E-state index in [1.807, 2.05) is 0 Å². The summed E-state index contributed by atoms with van der Waals surface area (Å²) >= 11 is 0. The van der Waals surface area contributed by atoms with Crippen molar-refractivity contribution in [2.24, 2.45) is 11.8 Å². The highest BCUT2D eigenvalue weighted by atomic mass is 16.5. The van der Waals surface area contributed by atoms with Crippen LogP contribution in [0, 0.1) is 11.8 Å². The Morgan fingerprint density at radius 1 is 1.44 bits per heavy atom. The molecule has 2 rings (SSSR count). The fraction of sp³-hybridized carbons (Fsp3) is 0.857. The third-order valence-electron chi connectivity index (χ3n) is 4.09. The van der Waals surface area contributed by atoms with Gasteiger partial charge in [-0.2, -0.15) is 0 Å². The predicted molar refractivity (Wildman–Crippen MR) is 65.4 cm³/mol. The van der Waals surface area contributed by atoms with Crippen LogP contribution in [0.4, 0.5) is 0 Å². The van der Waals surface area contributed by atoms with Crippen LogP contribution in [0.25, 0.3) is 0 Å². The van der Waals surface area contributed by atoms with E-state index in [2.05, 4.69) is 19.9 Å². The first-order valence-electron chi connectivity index (χ1n) is 6.62. The monoisotopic (exact) mass is 224 g/mol. The Bertz CT molecular complexity index is 259. The molecule has 0 bridgehead atoms. The normalized spacial score (nSPS) is 34.2. The van der Waals surface area contributed by atoms with Gasteiger partial charge in [0, 0.05) is 13.0 Å². The van der Waals surface area contributed by atoms with Gasteiger partial charge in [0.05, 0.1) is 18.8 Å². The highest BCUT2D eigenvalue weighted by molar-refractivity contribution is 5.20. The van der Waals surface area contributed by atoms with Crippen molar-refractivity contribution in [1.29, 1.82) is 0 Å².